The minimum absolute atomic E-state index is 0.0545. The zero-order chi connectivity index (χ0) is 21.1. The highest BCUT2D eigenvalue weighted by Crippen LogP contribution is 2.75. The van der Waals surface area contributed by atoms with Crippen LogP contribution in [0.3, 0.4) is 0 Å². The van der Waals surface area contributed by atoms with Gasteiger partial charge in [-0.2, -0.15) is 0 Å². The summed E-state index contributed by atoms with van der Waals surface area (Å²) < 4.78 is 11.6. The molecule has 2 heterocycles. The number of anilines is 1. The molecule has 3 fully saturated rings. The first kappa shape index (κ1) is 19.8. The maximum Gasteiger partial charge on any atom is 0.341 e. The van der Waals surface area contributed by atoms with E-state index >= 15 is 0 Å². The van der Waals surface area contributed by atoms with Crippen molar-refractivity contribution in [3.63, 3.8) is 0 Å². The van der Waals surface area contributed by atoms with E-state index in [4.69, 9.17) is 9.47 Å². The highest BCUT2D eigenvalue weighted by molar-refractivity contribution is 7.15. The quantitative estimate of drug-likeness (QED) is 0.675. The normalized spacial score (nSPS) is 33.6. The largest absolute Gasteiger partial charge is 0.462 e. The van der Waals surface area contributed by atoms with E-state index < -0.39 is 11.6 Å². The number of benzene rings is 1. The summed E-state index contributed by atoms with van der Waals surface area (Å²) in [6.45, 7) is 7.18. The summed E-state index contributed by atoms with van der Waals surface area (Å²) in [5.41, 5.74) is 1.20. The van der Waals surface area contributed by atoms with Crippen LogP contribution in [0.5, 0.6) is 0 Å². The van der Waals surface area contributed by atoms with Crippen LogP contribution in [0.15, 0.2) is 35.7 Å². The Kier molecular flexibility index (Phi) is 4.39. The summed E-state index contributed by atoms with van der Waals surface area (Å²) in [6.07, 6.45) is 2.93. The van der Waals surface area contributed by atoms with Gasteiger partial charge in [0, 0.05) is 21.8 Å². The average molecular weight is 426 g/mol. The molecule has 1 amide bonds. The van der Waals surface area contributed by atoms with Crippen molar-refractivity contribution >= 4 is 28.2 Å². The molecular formula is C24H27NO4S. The molecule has 5 rings (SSSR count). The number of thiophene rings is 1. The molecular weight excluding hydrogens is 398 g/mol. The molecule has 4 bridgehead atoms. The fourth-order valence-corrected chi connectivity index (χ4v) is 7.10. The van der Waals surface area contributed by atoms with Gasteiger partial charge in [0.25, 0.3) is 5.91 Å². The topological polar surface area (TPSA) is 64.6 Å². The fourth-order valence-electron chi connectivity index (χ4n) is 6.15. The maximum atomic E-state index is 13.6. The maximum absolute atomic E-state index is 13.6. The van der Waals surface area contributed by atoms with Crippen molar-refractivity contribution in [1.82, 2.24) is 0 Å². The molecule has 1 aromatic heterocycles. The Morgan fingerprint density at radius 2 is 2.03 bits per heavy atom. The van der Waals surface area contributed by atoms with E-state index in [-0.39, 0.29) is 23.3 Å². The highest BCUT2D eigenvalue weighted by atomic mass is 32.1. The molecule has 2 saturated carbocycles. The minimum Gasteiger partial charge on any atom is -0.462 e. The van der Waals surface area contributed by atoms with E-state index in [1.807, 2.05) is 35.7 Å². The van der Waals surface area contributed by atoms with Gasteiger partial charge >= 0.3 is 5.97 Å². The Bertz CT molecular complexity index is 1020. The van der Waals surface area contributed by atoms with Crippen molar-refractivity contribution in [3.8, 4) is 11.1 Å². The third-order valence-corrected chi connectivity index (χ3v) is 9.04. The lowest BCUT2D eigenvalue weighted by Crippen LogP contribution is -2.52. The van der Waals surface area contributed by atoms with Gasteiger partial charge in [0.15, 0.2) is 5.60 Å². The standard InChI is InChI=1S/C24H27NO4S/c1-4-28-20(26)18-17(15-8-6-5-7-9-15)13-30-19(18)25-21(27)24-12-16-10-11-23(24,3)22(16,2)14-29-24/h5-9,13,16H,4,10-12,14H2,1-3H3,(H,25,27)/t16-,22-,23-,24+/m0/s1. The van der Waals surface area contributed by atoms with E-state index in [1.54, 1.807) is 6.92 Å². The molecule has 5 nitrogen and oxygen atoms in total. The number of amides is 1. The van der Waals surface area contributed by atoms with Gasteiger partial charge in [-0.05, 0) is 37.7 Å². The molecule has 1 aliphatic heterocycles. The fraction of sp³-hybridized carbons (Fsp3) is 0.500. The number of rotatable bonds is 5. The molecule has 2 aliphatic carbocycles. The molecule has 2 aromatic rings. The first-order valence-electron chi connectivity index (χ1n) is 10.7. The summed E-state index contributed by atoms with van der Waals surface area (Å²) in [4.78, 5) is 26.5. The first-order chi connectivity index (χ1) is 14.4. The van der Waals surface area contributed by atoms with E-state index in [1.165, 1.54) is 11.3 Å². The van der Waals surface area contributed by atoms with Gasteiger partial charge in [0.1, 0.15) is 10.6 Å². The van der Waals surface area contributed by atoms with Crippen LogP contribution in [0.2, 0.25) is 0 Å². The lowest BCUT2D eigenvalue weighted by molar-refractivity contribution is -0.149. The second-order valence-electron chi connectivity index (χ2n) is 9.20. The number of ether oxygens (including phenoxy) is 2. The molecule has 1 aromatic carbocycles. The van der Waals surface area contributed by atoms with Gasteiger partial charge in [-0.15, -0.1) is 11.3 Å². The van der Waals surface area contributed by atoms with Crippen molar-refractivity contribution in [2.75, 3.05) is 18.5 Å². The predicted octanol–water partition coefficient (Wildman–Crippen LogP) is 5.13. The Labute approximate surface area is 180 Å². The van der Waals surface area contributed by atoms with E-state index in [0.29, 0.717) is 23.1 Å². The van der Waals surface area contributed by atoms with Crippen molar-refractivity contribution in [2.24, 2.45) is 16.7 Å². The molecule has 3 aliphatic rings. The van der Waals surface area contributed by atoms with Crippen molar-refractivity contribution in [2.45, 2.75) is 45.6 Å². The summed E-state index contributed by atoms with van der Waals surface area (Å²) in [7, 11) is 0. The van der Waals surface area contributed by atoms with Crippen molar-refractivity contribution in [3.05, 3.63) is 41.3 Å². The number of nitrogens with one attached hydrogen (secondary N) is 1. The van der Waals surface area contributed by atoms with Crippen molar-refractivity contribution in [1.29, 1.82) is 0 Å². The predicted molar refractivity (Wildman–Crippen MR) is 117 cm³/mol. The zero-order valence-corrected chi connectivity index (χ0v) is 18.4. The van der Waals surface area contributed by atoms with Gasteiger partial charge in [-0.3, -0.25) is 4.79 Å². The molecule has 1 N–H and O–H groups in total. The summed E-state index contributed by atoms with van der Waals surface area (Å²) in [5, 5.41) is 5.53. The lowest BCUT2D eigenvalue weighted by Gasteiger charge is -2.39. The number of esters is 1. The SMILES string of the molecule is CCOC(=O)c1c(-c2ccccc2)csc1NC(=O)[C@]12C[C@@H]3CC[C@@]1(C)[C@@]3(C)CO2. The first-order valence-corrected chi connectivity index (χ1v) is 11.5. The Morgan fingerprint density at radius 3 is 2.70 bits per heavy atom. The number of hydrogen-bond acceptors (Lipinski definition) is 5. The van der Waals surface area contributed by atoms with Gasteiger partial charge in [-0.1, -0.05) is 44.2 Å². The average Bonchev–Trinajstić information content (AvgIpc) is 3.39. The molecule has 6 heteroatoms. The second kappa shape index (κ2) is 6.66. The van der Waals surface area contributed by atoms with Gasteiger partial charge in [0.05, 0.1) is 13.2 Å². The smallest absolute Gasteiger partial charge is 0.341 e. The Morgan fingerprint density at radius 1 is 1.27 bits per heavy atom. The van der Waals surface area contributed by atoms with Crippen molar-refractivity contribution < 1.29 is 19.1 Å². The molecule has 0 spiro atoms. The van der Waals surface area contributed by atoms with E-state index in [9.17, 15) is 9.59 Å². The minimum atomic E-state index is -0.812. The Balaban J connectivity index is 1.51. The molecule has 0 unspecified atom stereocenters. The third kappa shape index (κ3) is 2.38. The molecule has 0 radical (unpaired) electrons. The molecule has 30 heavy (non-hydrogen) atoms. The van der Waals surface area contributed by atoms with Crippen LogP contribution in [-0.4, -0.2) is 30.7 Å². The molecule has 158 valence electrons. The second-order valence-corrected chi connectivity index (χ2v) is 10.1. The number of carbonyl (C=O) groups excluding carboxylic acids is 2. The van der Waals surface area contributed by atoms with Gasteiger partial charge in [0.2, 0.25) is 0 Å². The third-order valence-electron chi connectivity index (χ3n) is 8.15. The summed E-state index contributed by atoms with van der Waals surface area (Å²) >= 11 is 1.36. The van der Waals surface area contributed by atoms with E-state index in [0.717, 1.165) is 30.4 Å². The van der Waals surface area contributed by atoms with Crippen LogP contribution < -0.4 is 5.32 Å². The Hall–Kier alpha value is -2.18. The van der Waals surface area contributed by atoms with Crippen LogP contribution in [0.25, 0.3) is 11.1 Å². The van der Waals surface area contributed by atoms with Crippen LogP contribution in [0.1, 0.15) is 50.4 Å². The van der Waals surface area contributed by atoms with Crippen LogP contribution in [0.4, 0.5) is 5.00 Å². The van der Waals surface area contributed by atoms with Crippen LogP contribution in [0, 0.1) is 16.7 Å². The van der Waals surface area contributed by atoms with Gasteiger partial charge in [-0.25, -0.2) is 4.79 Å². The number of carbonyl (C=O) groups is 2. The zero-order valence-electron chi connectivity index (χ0n) is 17.6. The molecule has 1 saturated heterocycles. The summed E-state index contributed by atoms with van der Waals surface area (Å²) in [6, 6.07) is 9.71. The highest BCUT2D eigenvalue weighted by Gasteiger charge is 2.78. The van der Waals surface area contributed by atoms with Gasteiger partial charge < -0.3 is 14.8 Å². The van der Waals surface area contributed by atoms with Crippen LogP contribution in [-0.2, 0) is 14.3 Å². The lowest BCUT2D eigenvalue weighted by atomic mass is 9.66. The van der Waals surface area contributed by atoms with Crippen LogP contribution >= 0.6 is 11.3 Å². The monoisotopic (exact) mass is 425 g/mol. The molecule has 4 atom stereocenters. The summed E-state index contributed by atoms with van der Waals surface area (Å²) in [5.74, 6) is -0.0144. The van der Waals surface area contributed by atoms with E-state index in [2.05, 4.69) is 19.2 Å². The number of hydrogen-bond donors (Lipinski definition) is 1.